The smallest absolute Gasteiger partial charge is 0.416 e. The standard InChI is InChI=1S/C23H26F3NO6S2/c1-14(2)34(30)16-10-15(23(24,25)26)11-17(12-16)35(31,32)27(3)20-8-4-7-19-18(20)6-5-9-21(19)33-13-22(28)29/h5-6,9-12,14,20H,4,7-8,13H2,1-3H3,(H,28,29). The van der Waals surface area contributed by atoms with Crippen LogP contribution in [0.4, 0.5) is 13.2 Å². The van der Waals surface area contributed by atoms with E-state index in [1.54, 1.807) is 32.0 Å². The molecule has 0 aliphatic heterocycles. The third-order valence-corrected chi connectivity index (χ3v) is 9.17. The van der Waals surface area contributed by atoms with Gasteiger partial charge in [0.2, 0.25) is 10.0 Å². The van der Waals surface area contributed by atoms with Crippen molar-refractivity contribution in [3.05, 3.63) is 53.1 Å². The van der Waals surface area contributed by atoms with Crippen LogP contribution < -0.4 is 4.74 Å². The van der Waals surface area contributed by atoms with E-state index in [4.69, 9.17) is 9.84 Å². The highest BCUT2D eigenvalue weighted by atomic mass is 32.2. The fourth-order valence-electron chi connectivity index (χ4n) is 4.05. The Hall–Kier alpha value is -2.44. The van der Waals surface area contributed by atoms with Crippen LogP contribution in [0, 0.1) is 0 Å². The fraction of sp³-hybridized carbons (Fsp3) is 0.435. The summed E-state index contributed by atoms with van der Waals surface area (Å²) >= 11 is 0. The summed E-state index contributed by atoms with van der Waals surface area (Å²) in [7, 11) is -4.97. The topological polar surface area (TPSA) is 101 Å². The maximum atomic E-state index is 13.6. The first-order valence-corrected chi connectivity index (χ1v) is 13.5. The van der Waals surface area contributed by atoms with Crippen molar-refractivity contribution >= 4 is 26.8 Å². The van der Waals surface area contributed by atoms with E-state index in [9.17, 15) is 30.6 Å². The summed E-state index contributed by atoms with van der Waals surface area (Å²) in [5.41, 5.74) is 0.0743. The van der Waals surface area contributed by atoms with E-state index in [1.807, 2.05) is 0 Å². The number of halogens is 3. The predicted molar refractivity (Wildman–Crippen MR) is 123 cm³/mol. The SMILES string of the molecule is CC(C)S(=O)c1cc(C(F)(F)F)cc(S(=O)(=O)N(C)C2CCCc3c(OCC(=O)O)cccc32)c1. The van der Waals surface area contributed by atoms with Crippen molar-refractivity contribution in [3.8, 4) is 5.75 Å². The van der Waals surface area contributed by atoms with Crippen molar-refractivity contribution in [2.45, 2.75) is 60.4 Å². The van der Waals surface area contributed by atoms with E-state index in [1.165, 1.54) is 7.05 Å². The highest BCUT2D eigenvalue weighted by Crippen LogP contribution is 2.41. The number of rotatable bonds is 8. The molecule has 0 saturated heterocycles. The third-order valence-electron chi connectivity index (χ3n) is 5.77. The zero-order chi connectivity index (χ0) is 26.1. The van der Waals surface area contributed by atoms with Gasteiger partial charge in [0.15, 0.2) is 6.61 Å². The molecule has 2 aromatic rings. The van der Waals surface area contributed by atoms with Gasteiger partial charge in [-0.25, -0.2) is 13.2 Å². The highest BCUT2D eigenvalue weighted by molar-refractivity contribution is 7.89. The molecule has 0 heterocycles. The number of carboxylic acid groups (broad SMARTS) is 1. The summed E-state index contributed by atoms with van der Waals surface area (Å²) in [6, 6.07) is 6.52. The predicted octanol–water partition coefficient (Wildman–Crippen LogP) is 4.38. The molecular weight excluding hydrogens is 507 g/mol. The third kappa shape index (κ3) is 5.87. The summed E-state index contributed by atoms with van der Waals surface area (Å²) in [5, 5.41) is 8.40. The minimum atomic E-state index is -4.83. The number of ether oxygens (including phenoxy) is 1. The van der Waals surface area contributed by atoms with Gasteiger partial charge in [0.1, 0.15) is 5.75 Å². The number of alkyl halides is 3. The van der Waals surface area contributed by atoms with E-state index in [2.05, 4.69) is 0 Å². The van der Waals surface area contributed by atoms with Gasteiger partial charge in [0, 0.05) is 17.2 Å². The Balaban J connectivity index is 2.06. The van der Waals surface area contributed by atoms with Crippen molar-refractivity contribution in [3.63, 3.8) is 0 Å². The quantitative estimate of drug-likeness (QED) is 0.541. The summed E-state index contributed by atoms with van der Waals surface area (Å²) < 4.78 is 86.7. The monoisotopic (exact) mass is 533 g/mol. The van der Waals surface area contributed by atoms with Crippen LogP contribution in [0.25, 0.3) is 0 Å². The molecule has 2 atom stereocenters. The van der Waals surface area contributed by atoms with Crippen molar-refractivity contribution in [1.82, 2.24) is 4.31 Å². The molecule has 0 saturated carbocycles. The molecule has 0 bridgehead atoms. The first-order valence-electron chi connectivity index (χ1n) is 10.8. The Morgan fingerprint density at radius 2 is 1.94 bits per heavy atom. The van der Waals surface area contributed by atoms with Gasteiger partial charge < -0.3 is 9.84 Å². The second kappa shape index (κ2) is 10.3. The largest absolute Gasteiger partial charge is 0.482 e. The molecule has 0 radical (unpaired) electrons. The van der Waals surface area contributed by atoms with Gasteiger partial charge in [-0.3, -0.25) is 4.21 Å². The number of aliphatic carboxylic acids is 1. The average Bonchev–Trinajstić information content (AvgIpc) is 2.80. The van der Waals surface area contributed by atoms with Gasteiger partial charge in [-0.1, -0.05) is 26.0 Å². The molecule has 1 aliphatic carbocycles. The van der Waals surface area contributed by atoms with E-state index < -0.39 is 61.3 Å². The summed E-state index contributed by atoms with van der Waals surface area (Å²) in [4.78, 5) is 10.1. The lowest BCUT2D eigenvalue weighted by atomic mass is 9.87. The Labute approximate surface area is 204 Å². The molecule has 12 heteroatoms. The number of sulfonamides is 1. The molecule has 1 N–H and O–H groups in total. The minimum Gasteiger partial charge on any atom is -0.482 e. The lowest BCUT2D eigenvalue weighted by Crippen LogP contribution is -2.34. The molecule has 7 nitrogen and oxygen atoms in total. The lowest BCUT2D eigenvalue weighted by molar-refractivity contribution is -0.139. The van der Waals surface area contributed by atoms with Crippen LogP contribution in [-0.4, -0.2) is 46.9 Å². The average molecular weight is 534 g/mol. The van der Waals surface area contributed by atoms with E-state index in [-0.39, 0.29) is 4.90 Å². The van der Waals surface area contributed by atoms with Gasteiger partial charge in [0.25, 0.3) is 0 Å². The Morgan fingerprint density at radius 1 is 1.26 bits per heavy atom. The molecular formula is C23H26F3NO6S2. The second-order valence-electron chi connectivity index (χ2n) is 8.47. The van der Waals surface area contributed by atoms with Gasteiger partial charge >= 0.3 is 12.1 Å². The Morgan fingerprint density at radius 3 is 2.54 bits per heavy atom. The molecule has 0 aromatic heterocycles. The molecule has 2 aromatic carbocycles. The lowest BCUT2D eigenvalue weighted by Gasteiger charge is -2.33. The molecule has 3 rings (SSSR count). The summed E-state index contributed by atoms with van der Waals surface area (Å²) in [6.45, 7) is 2.58. The first-order chi connectivity index (χ1) is 16.2. The molecule has 192 valence electrons. The van der Waals surface area contributed by atoms with Crippen LogP contribution in [0.1, 0.15) is 49.4 Å². The molecule has 35 heavy (non-hydrogen) atoms. The maximum absolute atomic E-state index is 13.6. The number of hydrogen-bond donors (Lipinski definition) is 1. The van der Waals surface area contributed by atoms with E-state index >= 15 is 0 Å². The molecule has 0 fully saturated rings. The number of fused-ring (bicyclic) bond motifs is 1. The van der Waals surface area contributed by atoms with Gasteiger partial charge in [-0.2, -0.15) is 17.5 Å². The number of carbonyl (C=O) groups is 1. The Kier molecular flexibility index (Phi) is 7.97. The van der Waals surface area contributed by atoms with Crippen molar-refractivity contribution in [2.24, 2.45) is 0 Å². The minimum absolute atomic E-state index is 0.213. The van der Waals surface area contributed by atoms with E-state index in [0.29, 0.717) is 42.2 Å². The van der Waals surface area contributed by atoms with Crippen LogP contribution in [0.3, 0.4) is 0 Å². The van der Waals surface area contributed by atoms with Crippen LogP contribution >= 0.6 is 0 Å². The zero-order valence-electron chi connectivity index (χ0n) is 19.3. The molecule has 0 spiro atoms. The number of carboxylic acids is 1. The van der Waals surface area contributed by atoms with Gasteiger partial charge in [-0.15, -0.1) is 0 Å². The molecule has 2 unspecified atom stereocenters. The summed E-state index contributed by atoms with van der Waals surface area (Å²) in [5.74, 6) is -0.831. The van der Waals surface area contributed by atoms with Gasteiger partial charge in [-0.05, 0) is 54.7 Å². The second-order valence-corrected chi connectivity index (χ2v) is 12.5. The number of hydrogen-bond acceptors (Lipinski definition) is 5. The number of benzene rings is 2. The van der Waals surface area contributed by atoms with Crippen LogP contribution in [0.15, 0.2) is 46.2 Å². The Bertz CT molecular complexity index is 1240. The maximum Gasteiger partial charge on any atom is 0.416 e. The van der Waals surface area contributed by atoms with Crippen LogP contribution in [-0.2, 0) is 38.2 Å². The van der Waals surface area contributed by atoms with Gasteiger partial charge in [0.05, 0.1) is 27.3 Å². The van der Waals surface area contributed by atoms with Crippen molar-refractivity contribution < 1.29 is 40.4 Å². The van der Waals surface area contributed by atoms with Crippen LogP contribution in [0.5, 0.6) is 5.75 Å². The summed E-state index contributed by atoms with van der Waals surface area (Å²) in [6.07, 6.45) is -3.31. The molecule has 0 amide bonds. The fourth-order valence-corrected chi connectivity index (χ4v) is 6.59. The first kappa shape index (κ1) is 27.2. The molecule has 1 aliphatic rings. The van der Waals surface area contributed by atoms with Crippen molar-refractivity contribution in [2.75, 3.05) is 13.7 Å². The van der Waals surface area contributed by atoms with E-state index in [0.717, 1.165) is 16.4 Å². The number of nitrogens with zero attached hydrogens (tertiary/aromatic N) is 1. The highest BCUT2D eigenvalue weighted by Gasteiger charge is 2.37. The van der Waals surface area contributed by atoms with Crippen LogP contribution in [0.2, 0.25) is 0 Å². The zero-order valence-corrected chi connectivity index (χ0v) is 21.0. The van der Waals surface area contributed by atoms with Crippen molar-refractivity contribution in [1.29, 1.82) is 0 Å². The normalized spacial score (nSPS) is 17.3.